The first kappa shape index (κ1) is 16.4. The molecule has 20 heavy (non-hydrogen) atoms. The second kappa shape index (κ2) is 6.21. The molecule has 0 heterocycles. The molecule has 2 atom stereocenters. The largest absolute Gasteiger partial charge is 0.419 e. The maximum Gasteiger partial charge on any atom is 0.419 e. The molecule has 0 spiro atoms. The standard InChI is InChI=1S/C13H16F4N2O/c1-7(6-18)8(2)19-12(20)9-3-4-11(14)10(5-9)13(15,16)17/h3-5,7-8H,6,18H2,1-2H3,(H,19,20). The van der Waals surface area contributed by atoms with Crippen molar-refractivity contribution in [1.82, 2.24) is 5.32 Å². The Labute approximate surface area is 114 Å². The third-order valence-electron chi connectivity index (χ3n) is 3.12. The molecule has 7 heteroatoms. The molecule has 0 aliphatic carbocycles. The van der Waals surface area contributed by atoms with E-state index in [1.54, 1.807) is 13.8 Å². The molecule has 3 nitrogen and oxygen atoms in total. The zero-order valence-corrected chi connectivity index (χ0v) is 11.1. The number of carbonyl (C=O) groups is 1. The third-order valence-corrected chi connectivity index (χ3v) is 3.12. The number of carbonyl (C=O) groups excluding carboxylic acids is 1. The van der Waals surface area contributed by atoms with Crippen LogP contribution in [0.3, 0.4) is 0 Å². The number of alkyl halides is 3. The van der Waals surface area contributed by atoms with Crippen molar-refractivity contribution in [2.45, 2.75) is 26.1 Å². The van der Waals surface area contributed by atoms with E-state index in [4.69, 9.17) is 5.73 Å². The van der Waals surface area contributed by atoms with Crippen LogP contribution in [0.5, 0.6) is 0 Å². The highest BCUT2D eigenvalue weighted by molar-refractivity contribution is 5.94. The SMILES string of the molecule is CC(CN)C(C)NC(=O)c1ccc(F)c(C(F)(F)F)c1. The molecule has 0 radical (unpaired) electrons. The summed E-state index contributed by atoms with van der Waals surface area (Å²) in [6, 6.07) is 1.85. The highest BCUT2D eigenvalue weighted by atomic mass is 19.4. The van der Waals surface area contributed by atoms with Crippen LogP contribution in [0.1, 0.15) is 29.8 Å². The van der Waals surface area contributed by atoms with Gasteiger partial charge in [-0.1, -0.05) is 6.92 Å². The number of rotatable bonds is 4. The van der Waals surface area contributed by atoms with Crippen molar-refractivity contribution < 1.29 is 22.4 Å². The fourth-order valence-electron chi connectivity index (χ4n) is 1.52. The normalized spacial score (nSPS) is 14.8. The van der Waals surface area contributed by atoms with E-state index in [1.165, 1.54) is 0 Å². The maximum absolute atomic E-state index is 13.1. The van der Waals surface area contributed by atoms with Crippen molar-refractivity contribution in [3.05, 3.63) is 35.1 Å². The maximum atomic E-state index is 13.1. The molecule has 112 valence electrons. The van der Waals surface area contributed by atoms with Gasteiger partial charge < -0.3 is 11.1 Å². The lowest BCUT2D eigenvalue weighted by Crippen LogP contribution is -2.39. The van der Waals surface area contributed by atoms with Gasteiger partial charge in [0.25, 0.3) is 5.91 Å². The van der Waals surface area contributed by atoms with Crippen molar-refractivity contribution in [1.29, 1.82) is 0 Å². The van der Waals surface area contributed by atoms with Crippen molar-refractivity contribution >= 4 is 5.91 Å². The highest BCUT2D eigenvalue weighted by Gasteiger charge is 2.34. The smallest absolute Gasteiger partial charge is 0.349 e. The minimum absolute atomic E-state index is 0.0264. The van der Waals surface area contributed by atoms with Gasteiger partial charge in [-0.05, 0) is 37.6 Å². The van der Waals surface area contributed by atoms with Crippen LogP contribution in [-0.2, 0) is 6.18 Å². The van der Waals surface area contributed by atoms with Crippen LogP contribution in [0.25, 0.3) is 0 Å². The van der Waals surface area contributed by atoms with Crippen molar-refractivity contribution in [3.63, 3.8) is 0 Å². The summed E-state index contributed by atoms with van der Waals surface area (Å²) in [5.74, 6) is -2.12. The monoisotopic (exact) mass is 292 g/mol. The second-order valence-corrected chi connectivity index (χ2v) is 4.67. The number of benzene rings is 1. The average Bonchev–Trinajstić information content (AvgIpc) is 2.36. The first-order valence-corrected chi connectivity index (χ1v) is 6.04. The summed E-state index contributed by atoms with van der Waals surface area (Å²) >= 11 is 0. The Morgan fingerprint density at radius 1 is 1.35 bits per heavy atom. The molecule has 0 aliphatic rings. The minimum Gasteiger partial charge on any atom is -0.349 e. The third kappa shape index (κ3) is 3.93. The van der Waals surface area contributed by atoms with Crippen LogP contribution in [0.4, 0.5) is 17.6 Å². The molecular formula is C13H16F4N2O. The summed E-state index contributed by atoms with van der Waals surface area (Å²) in [5.41, 5.74) is 3.74. The van der Waals surface area contributed by atoms with Gasteiger partial charge in [-0.2, -0.15) is 13.2 Å². The first-order chi connectivity index (χ1) is 9.16. The lowest BCUT2D eigenvalue weighted by atomic mass is 10.0. The van der Waals surface area contributed by atoms with Crippen molar-refractivity contribution in [2.24, 2.45) is 11.7 Å². The molecule has 0 aromatic heterocycles. The molecule has 2 unspecified atom stereocenters. The van der Waals surface area contributed by atoms with E-state index in [0.29, 0.717) is 18.7 Å². The second-order valence-electron chi connectivity index (χ2n) is 4.67. The molecule has 1 amide bonds. The van der Waals surface area contributed by atoms with E-state index >= 15 is 0 Å². The molecule has 0 bridgehead atoms. The van der Waals surface area contributed by atoms with E-state index in [2.05, 4.69) is 5.32 Å². The number of amides is 1. The van der Waals surface area contributed by atoms with Gasteiger partial charge in [0.15, 0.2) is 0 Å². The van der Waals surface area contributed by atoms with Gasteiger partial charge in [-0.15, -0.1) is 0 Å². The Hall–Kier alpha value is -1.63. The van der Waals surface area contributed by atoms with Gasteiger partial charge in [0, 0.05) is 11.6 Å². The van der Waals surface area contributed by atoms with Crippen LogP contribution in [0.2, 0.25) is 0 Å². The summed E-state index contributed by atoms with van der Waals surface area (Å²) < 4.78 is 50.8. The Bertz CT molecular complexity index is 488. The fraction of sp³-hybridized carbons (Fsp3) is 0.462. The molecule has 3 N–H and O–H groups in total. The average molecular weight is 292 g/mol. The first-order valence-electron chi connectivity index (χ1n) is 6.04. The number of nitrogens with one attached hydrogen (secondary N) is 1. The van der Waals surface area contributed by atoms with E-state index < -0.39 is 23.5 Å². The molecule has 0 saturated carbocycles. The fourth-order valence-corrected chi connectivity index (χ4v) is 1.52. The molecular weight excluding hydrogens is 276 g/mol. The van der Waals surface area contributed by atoms with Gasteiger partial charge in [-0.3, -0.25) is 4.79 Å². The minimum atomic E-state index is -4.84. The van der Waals surface area contributed by atoms with Gasteiger partial charge in [0.05, 0.1) is 5.56 Å². The summed E-state index contributed by atoms with van der Waals surface area (Å²) in [4.78, 5) is 11.8. The Balaban J connectivity index is 2.95. The molecule has 0 saturated heterocycles. The lowest BCUT2D eigenvalue weighted by Gasteiger charge is -2.20. The van der Waals surface area contributed by atoms with E-state index in [0.717, 1.165) is 6.07 Å². The van der Waals surface area contributed by atoms with Gasteiger partial charge >= 0.3 is 6.18 Å². The predicted molar refractivity (Wildman–Crippen MR) is 66.5 cm³/mol. The van der Waals surface area contributed by atoms with Crippen LogP contribution in [0, 0.1) is 11.7 Å². The highest BCUT2D eigenvalue weighted by Crippen LogP contribution is 2.31. The molecule has 1 aromatic carbocycles. The summed E-state index contributed by atoms with van der Waals surface area (Å²) in [6.45, 7) is 3.83. The topological polar surface area (TPSA) is 55.1 Å². The molecule has 0 fully saturated rings. The van der Waals surface area contributed by atoms with Crippen LogP contribution in [0.15, 0.2) is 18.2 Å². The van der Waals surface area contributed by atoms with Crippen LogP contribution >= 0.6 is 0 Å². The Kier molecular flexibility index (Phi) is 5.10. The molecule has 0 aliphatic heterocycles. The Morgan fingerprint density at radius 3 is 2.45 bits per heavy atom. The van der Waals surface area contributed by atoms with Gasteiger partial charge in [-0.25, -0.2) is 4.39 Å². The van der Waals surface area contributed by atoms with Gasteiger partial charge in [0.1, 0.15) is 5.82 Å². The number of halogens is 4. The zero-order chi connectivity index (χ0) is 15.5. The Morgan fingerprint density at radius 2 is 1.95 bits per heavy atom. The summed E-state index contributed by atoms with van der Waals surface area (Å²) in [7, 11) is 0. The van der Waals surface area contributed by atoms with Gasteiger partial charge in [0.2, 0.25) is 0 Å². The van der Waals surface area contributed by atoms with E-state index in [-0.39, 0.29) is 17.5 Å². The van der Waals surface area contributed by atoms with Crippen LogP contribution < -0.4 is 11.1 Å². The number of hydrogen-bond acceptors (Lipinski definition) is 2. The molecule has 1 aromatic rings. The molecule has 1 rings (SSSR count). The number of hydrogen-bond donors (Lipinski definition) is 2. The zero-order valence-electron chi connectivity index (χ0n) is 11.1. The van der Waals surface area contributed by atoms with E-state index in [9.17, 15) is 22.4 Å². The summed E-state index contributed by atoms with van der Waals surface area (Å²) in [5, 5.41) is 2.54. The predicted octanol–water partition coefficient (Wildman–Crippen LogP) is 2.56. The van der Waals surface area contributed by atoms with Crippen molar-refractivity contribution in [2.75, 3.05) is 6.54 Å². The summed E-state index contributed by atoms with van der Waals surface area (Å²) in [6.07, 6.45) is -4.84. The lowest BCUT2D eigenvalue weighted by molar-refractivity contribution is -0.140. The quantitative estimate of drug-likeness (QED) is 0.838. The van der Waals surface area contributed by atoms with E-state index in [1.807, 2.05) is 0 Å². The van der Waals surface area contributed by atoms with Crippen LogP contribution in [-0.4, -0.2) is 18.5 Å². The number of nitrogens with two attached hydrogens (primary N) is 1. The van der Waals surface area contributed by atoms with Crippen molar-refractivity contribution in [3.8, 4) is 0 Å².